The summed E-state index contributed by atoms with van der Waals surface area (Å²) in [6, 6.07) is 3.04. The first-order valence-electron chi connectivity index (χ1n) is 14.7. The van der Waals surface area contributed by atoms with Gasteiger partial charge in [0.25, 0.3) is 5.91 Å². The van der Waals surface area contributed by atoms with Crippen molar-refractivity contribution in [2.45, 2.75) is 80.0 Å². The number of fused-ring (bicyclic) bond motifs is 4. The molecule has 2 atom stereocenters. The third kappa shape index (κ3) is 7.69. The first-order chi connectivity index (χ1) is 21.2. The van der Waals surface area contributed by atoms with Gasteiger partial charge in [-0.05, 0) is 66.9 Å². The number of carbonyl (C=O) groups excluding carboxylic acids is 2. The molecule has 13 nitrogen and oxygen atoms in total. The lowest BCUT2D eigenvalue weighted by atomic mass is 9.85. The van der Waals surface area contributed by atoms with Gasteiger partial charge >= 0.3 is 12.1 Å². The van der Waals surface area contributed by atoms with Gasteiger partial charge in [-0.25, -0.2) is 19.6 Å². The summed E-state index contributed by atoms with van der Waals surface area (Å²) in [6.45, 7) is 18.4. The molecule has 0 saturated carbocycles. The number of hydrogen-bond acceptors (Lipinski definition) is 8. The van der Waals surface area contributed by atoms with Crippen molar-refractivity contribution < 1.29 is 24.2 Å². The van der Waals surface area contributed by atoms with E-state index in [1.165, 1.54) is 12.3 Å². The molecule has 4 aromatic rings. The van der Waals surface area contributed by atoms with Crippen LogP contribution in [0.5, 0.6) is 0 Å². The summed E-state index contributed by atoms with van der Waals surface area (Å²) in [5, 5.41) is 16.9. The second kappa shape index (κ2) is 12.7. The number of carboxylic acids is 1. The standard InChI is InChI=1S/C18H25ClN4O4.C13H15ClN4O/c1-17(2,3)12(9-21-16(26)27-18(4,5)6)23-11(14(24)25)7-10-8-20-15(19)22-13(10)23;1-13(2,3)9-6-15-11(19)8-4-7-5-16-12(14)17-10(7)18(8)9/h7-8,12H,9H2,1-6H3,(H,21,26)(H,24,25);4-5,9H,6H2,1-3H3,(H,15,19)/t12-;9-/m11/s1. The highest BCUT2D eigenvalue weighted by Gasteiger charge is 2.35. The van der Waals surface area contributed by atoms with Crippen LogP contribution in [0.1, 0.15) is 95.4 Å². The van der Waals surface area contributed by atoms with Gasteiger partial charge in [0, 0.05) is 36.3 Å². The van der Waals surface area contributed by atoms with Crippen LogP contribution in [0.15, 0.2) is 24.5 Å². The fraction of sp³-hybridized carbons (Fsp3) is 0.516. The number of amides is 2. The van der Waals surface area contributed by atoms with Crippen LogP contribution in [-0.4, -0.2) is 70.8 Å². The Kier molecular flexibility index (Phi) is 9.61. The van der Waals surface area contributed by atoms with Crippen molar-refractivity contribution in [3.63, 3.8) is 0 Å². The van der Waals surface area contributed by atoms with Crippen LogP contribution in [-0.2, 0) is 4.74 Å². The molecule has 0 saturated heterocycles. The van der Waals surface area contributed by atoms with E-state index in [1.54, 1.807) is 31.5 Å². The maximum Gasteiger partial charge on any atom is 0.407 e. The largest absolute Gasteiger partial charge is 0.477 e. The lowest BCUT2D eigenvalue weighted by Crippen LogP contribution is -2.43. The molecule has 0 spiro atoms. The molecule has 0 radical (unpaired) electrons. The average Bonchev–Trinajstić information content (AvgIpc) is 3.46. The van der Waals surface area contributed by atoms with Crippen molar-refractivity contribution in [1.29, 1.82) is 0 Å². The predicted molar refractivity (Wildman–Crippen MR) is 176 cm³/mol. The Morgan fingerprint density at radius 3 is 2.09 bits per heavy atom. The molecule has 0 bridgehead atoms. The first kappa shape index (κ1) is 34.9. The number of halogens is 2. The van der Waals surface area contributed by atoms with E-state index in [2.05, 4.69) is 51.3 Å². The van der Waals surface area contributed by atoms with E-state index in [4.69, 9.17) is 27.9 Å². The SMILES string of the molecule is CC(C)(C)OC(=O)NC[C@@H](n1c(C(=O)O)cc2cnc(Cl)nc21)C(C)(C)C.CC(C)(C)[C@H]1CNC(=O)c2cc3cnc(Cl)nc3n21. The Bertz CT molecular complexity index is 1800. The Morgan fingerprint density at radius 1 is 1.00 bits per heavy atom. The molecule has 4 aromatic heterocycles. The van der Waals surface area contributed by atoms with Crippen LogP contribution in [0.3, 0.4) is 0 Å². The second-order valence-electron chi connectivity index (χ2n) is 14.3. The number of carbonyl (C=O) groups is 3. The van der Waals surface area contributed by atoms with E-state index in [0.717, 1.165) is 11.0 Å². The number of rotatable bonds is 4. The van der Waals surface area contributed by atoms with Gasteiger partial charge in [0.15, 0.2) is 0 Å². The molecule has 15 heteroatoms. The molecule has 0 unspecified atom stereocenters. The molecule has 46 heavy (non-hydrogen) atoms. The van der Waals surface area contributed by atoms with Crippen molar-refractivity contribution in [3.8, 4) is 0 Å². The van der Waals surface area contributed by atoms with Gasteiger partial charge in [0.05, 0.1) is 12.1 Å². The minimum atomic E-state index is -1.10. The number of aromatic carboxylic acids is 1. The normalized spacial score (nSPS) is 15.9. The monoisotopic (exact) mass is 674 g/mol. The Morgan fingerprint density at radius 2 is 1.57 bits per heavy atom. The topological polar surface area (TPSA) is 166 Å². The highest BCUT2D eigenvalue weighted by molar-refractivity contribution is 6.28. The van der Waals surface area contributed by atoms with E-state index in [0.29, 0.717) is 23.3 Å². The van der Waals surface area contributed by atoms with Crippen LogP contribution >= 0.6 is 23.2 Å². The molecule has 5 heterocycles. The van der Waals surface area contributed by atoms with Crippen molar-refractivity contribution in [3.05, 3.63) is 46.5 Å². The van der Waals surface area contributed by atoms with E-state index >= 15 is 0 Å². The zero-order chi connectivity index (χ0) is 34.4. The van der Waals surface area contributed by atoms with Crippen LogP contribution in [0.25, 0.3) is 22.1 Å². The van der Waals surface area contributed by atoms with Gasteiger partial charge in [-0.15, -0.1) is 0 Å². The molecule has 2 amide bonds. The van der Waals surface area contributed by atoms with E-state index in [-0.39, 0.29) is 40.2 Å². The van der Waals surface area contributed by atoms with Crippen LogP contribution in [0, 0.1) is 10.8 Å². The van der Waals surface area contributed by atoms with Crippen molar-refractivity contribution >= 4 is 63.2 Å². The highest BCUT2D eigenvalue weighted by Crippen LogP contribution is 2.37. The molecule has 3 N–H and O–H groups in total. The second-order valence-corrected chi connectivity index (χ2v) is 15.0. The van der Waals surface area contributed by atoms with Crippen molar-refractivity contribution in [2.24, 2.45) is 10.8 Å². The van der Waals surface area contributed by atoms with Gasteiger partial charge in [-0.2, -0.15) is 9.97 Å². The fourth-order valence-electron chi connectivity index (χ4n) is 5.29. The Labute approximate surface area is 277 Å². The van der Waals surface area contributed by atoms with E-state index in [1.807, 2.05) is 31.4 Å². The maximum atomic E-state index is 12.1. The fourth-order valence-corrected chi connectivity index (χ4v) is 5.55. The summed E-state index contributed by atoms with van der Waals surface area (Å²) in [6.07, 6.45) is 2.56. The first-order valence-corrected chi connectivity index (χ1v) is 15.5. The minimum absolute atomic E-state index is 0.00578. The van der Waals surface area contributed by atoms with E-state index in [9.17, 15) is 19.5 Å². The summed E-state index contributed by atoms with van der Waals surface area (Å²) in [7, 11) is 0. The molecule has 0 fully saturated rings. The third-order valence-corrected chi connectivity index (χ3v) is 7.83. The smallest absolute Gasteiger partial charge is 0.407 e. The maximum absolute atomic E-state index is 12.1. The lowest BCUT2D eigenvalue weighted by Gasteiger charge is -2.36. The summed E-state index contributed by atoms with van der Waals surface area (Å²) in [5.41, 5.74) is 0.774. The summed E-state index contributed by atoms with van der Waals surface area (Å²) < 4.78 is 8.85. The minimum Gasteiger partial charge on any atom is -0.477 e. The molecule has 248 valence electrons. The quantitative estimate of drug-likeness (QED) is 0.210. The summed E-state index contributed by atoms with van der Waals surface area (Å²) in [4.78, 5) is 52.3. The zero-order valence-electron chi connectivity index (χ0n) is 27.4. The van der Waals surface area contributed by atoms with Gasteiger partial charge in [-0.1, -0.05) is 41.5 Å². The Hall–Kier alpha value is -3.97. The zero-order valence-corrected chi connectivity index (χ0v) is 28.9. The lowest BCUT2D eigenvalue weighted by molar-refractivity contribution is 0.0507. The predicted octanol–water partition coefficient (Wildman–Crippen LogP) is 6.31. The summed E-state index contributed by atoms with van der Waals surface area (Å²) >= 11 is 11.8. The van der Waals surface area contributed by atoms with Crippen LogP contribution < -0.4 is 10.6 Å². The highest BCUT2D eigenvalue weighted by atomic mass is 35.5. The molecule has 0 aliphatic carbocycles. The Balaban J connectivity index is 0.000000221. The molecule has 1 aliphatic heterocycles. The van der Waals surface area contributed by atoms with Crippen LogP contribution in [0.2, 0.25) is 10.6 Å². The van der Waals surface area contributed by atoms with E-state index < -0.39 is 29.1 Å². The number of ether oxygens (including phenoxy) is 1. The number of nitrogens with one attached hydrogen (secondary N) is 2. The number of carboxylic acid groups (broad SMARTS) is 1. The summed E-state index contributed by atoms with van der Waals surface area (Å²) in [5.74, 6) is -1.18. The molecule has 0 aromatic carbocycles. The average molecular weight is 676 g/mol. The molecular weight excluding hydrogens is 635 g/mol. The van der Waals surface area contributed by atoms with Gasteiger partial charge in [0.1, 0.15) is 28.3 Å². The molecule has 1 aliphatic rings. The number of nitrogens with zero attached hydrogens (tertiary/aromatic N) is 6. The van der Waals surface area contributed by atoms with Crippen LogP contribution in [0.4, 0.5) is 4.79 Å². The van der Waals surface area contributed by atoms with Gasteiger partial charge in [0.2, 0.25) is 10.6 Å². The molecular formula is C31H40Cl2N8O5. The van der Waals surface area contributed by atoms with Crippen molar-refractivity contribution in [2.75, 3.05) is 13.1 Å². The van der Waals surface area contributed by atoms with Gasteiger partial charge in [-0.3, -0.25) is 4.79 Å². The number of hydrogen-bond donors (Lipinski definition) is 3. The van der Waals surface area contributed by atoms with Crippen molar-refractivity contribution in [1.82, 2.24) is 39.7 Å². The molecule has 5 rings (SSSR count). The number of alkyl carbamates (subject to hydrolysis) is 1. The third-order valence-electron chi connectivity index (χ3n) is 7.46. The number of aromatic nitrogens is 6. The van der Waals surface area contributed by atoms with Gasteiger partial charge < -0.3 is 29.6 Å².